The Morgan fingerprint density at radius 1 is 1.05 bits per heavy atom. The number of nitrogens with two attached hydrogens (primary N) is 1. The van der Waals surface area contributed by atoms with E-state index in [1.54, 1.807) is 0 Å². The maximum Gasteiger partial charge on any atom is 0.248 e. The number of primary amides is 1. The number of carbonyl (C=O) groups is 1. The Bertz CT molecular complexity index is 1300. The number of carbonyl (C=O) groups excluding carboxylic acids is 1. The van der Waals surface area contributed by atoms with Crippen LogP contribution >= 0.6 is 0 Å². The van der Waals surface area contributed by atoms with Crippen molar-refractivity contribution in [3.05, 3.63) is 48.0 Å². The summed E-state index contributed by atoms with van der Waals surface area (Å²) in [6, 6.07) is 13.9. The Morgan fingerprint density at radius 2 is 1.74 bits per heavy atom. The highest BCUT2D eigenvalue weighted by molar-refractivity contribution is 6.01. The molecule has 208 valence electrons. The summed E-state index contributed by atoms with van der Waals surface area (Å²) in [7, 11) is 0. The average molecular weight is 533 g/mol. The molecule has 8 nitrogen and oxygen atoms in total. The van der Waals surface area contributed by atoms with Crippen molar-refractivity contribution in [2.24, 2.45) is 5.73 Å². The second-order valence-corrected chi connectivity index (χ2v) is 11.6. The molecule has 2 saturated heterocycles. The SMILES string of the molecule is CC1CC(Oc2ccc(-c3nn(CC4(N5CCOCC5)CCCC4)c4ccc(C(N)=O)cc34)cc2)CC(C)O1. The van der Waals surface area contributed by atoms with Gasteiger partial charge in [-0.05, 0) is 69.2 Å². The summed E-state index contributed by atoms with van der Waals surface area (Å²) in [5.74, 6) is 0.420. The number of hydrogen-bond acceptors (Lipinski definition) is 6. The van der Waals surface area contributed by atoms with E-state index in [1.165, 1.54) is 25.7 Å². The summed E-state index contributed by atoms with van der Waals surface area (Å²) in [5, 5.41) is 6.12. The van der Waals surface area contributed by atoms with Gasteiger partial charge in [-0.3, -0.25) is 14.4 Å². The summed E-state index contributed by atoms with van der Waals surface area (Å²) in [6.45, 7) is 8.52. The van der Waals surface area contributed by atoms with Crippen LogP contribution in [-0.2, 0) is 16.0 Å². The molecule has 3 aliphatic rings. The normalized spacial score (nSPS) is 25.6. The van der Waals surface area contributed by atoms with Gasteiger partial charge in [0.05, 0.1) is 37.5 Å². The maximum absolute atomic E-state index is 12.1. The van der Waals surface area contributed by atoms with Gasteiger partial charge in [0.2, 0.25) is 5.91 Å². The van der Waals surface area contributed by atoms with E-state index in [4.69, 9.17) is 25.0 Å². The van der Waals surface area contributed by atoms with Crippen molar-refractivity contribution < 1.29 is 19.0 Å². The Morgan fingerprint density at radius 3 is 2.41 bits per heavy atom. The lowest BCUT2D eigenvalue weighted by Crippen LogP contribution is -2.54. The van der Waals surface area contributed by atoms with Crippen LogP contribution in [0.15, 0.2) is 42.5 Å². The lowest BCUT2D eigenvalue weighted by atomic mass is 9.94. The molecule has 0 radical (unpaired) electrons. The van der Waals surface area contributed by atoms with Gasteiger partial charge in [0.1, 0.15) is 17.5 Å². The second-order valence-electron chi connectivity index (χ2n) is 11.6. The third-order valence-corrected chi connectivity index (χ3v) is 8.78. The molecule has 39 heavy (non-hydrogen) atoms. The Kier molecular flexibility index (Phi) is 7.35. The first-order valence-corrected chi connectivity index (χ1v) is 14.5. The number of ether oxygens (including phenoxy) is 3. The van der Waals surface area contributed by atoms with Gasteiger partial charge < -0.3 is 19.9 Å². The van der Waals surface area contributed by atoms with Crippen LogP contribution in [0.2, 0.25) is 0 Å². The third-order valence-electron chi connectivity index (χ3n) is 8.78. The van der Waals surface area contributed by atoms with Crippen molar-refractivity contribution >= 4 is 16.8 Å². The number of nitrogens with zero attached hydrogens (tertiary/aromatic N) is 3. The third kappa shape index (κ3) is 5.42. The molecule has 6 rings (SSSR count). The van der Waals surface area contributed by atoms with Gasteiger partial charge in [0, 0.05) is 48.0 Å². The molecule has 3 aromatic rings. The number of morpholine rings is 1. The molecule has 3 heterocycles. The highest BCUT2D eigenvalue weighted by Gasteiger charge is 2.41. The van der Waals surface area contributed by atoms with Crippen LogP contribution in [0.1, 0.15) is 62.7 Å². The van der Waals surface area contributed by atoms with Crippen LogP contribution < -0.4 is 10.5 Å². The molecule has 3 fully saturated rings. The summed E-state index contributed by atoms with van der Waals surface area (Å²) in [4.78, 5) is 14.7. The fourth-order valence-electron chi connectivity index (χ4n) is 6.91. The molecule has 2 unspecified atom stereocenters. The van der Waals surface area contributed by atoms with Gasteiger partial charge in [-0.1, -0.05) is 12.8 Å². The second kappa shape index (κ2) is 10.9. The molecule has 1 amide bonds. The highest BCUT2D eigenvalue weighted by atomic mass is 16.5. The van der Waals surface area contributed by atoms with Crippen LogP contribution in [0.3, 0.4) is 0 Å². The number of fused-ring (bicyclic) bond motifs is 1. The van der Waals surface area contributed by atoms with Crippen molar-refractivity contribution in [3.8, 4) is 17.0 Å². The van der Waals surface area contributed by atoms with Crippen molar-refractivity contribution in [2.45, 2.75) is 82.8 Å². The van der Waals surface area contributed by atoms with Gasteiger partial charge in [0.25, 0.3) is 0 Å². The van der Waals surface area contributed by atoms with E-state index in [1.807, 2.05) is 30.3 Å². The Labute approximate surface area is 230 Å². The van der Waals surface area contributed by atoms with Gasteiger partial charge in [0.15, 0.2) is 0 Å². The van der Waals surface area contributed by atoms with Crippen LogP contribution in [0.5, 0.6) is 5.75 Å². The van der Waals surface area contributed by atoms with Gasteiger partial charge in [-0.15, -0.1) is 0 Å². The fraction of sp³-hybridized carbons (Fsp3) is 0.548. The first kappa shape index (κ1) is 26.3. The number of benzene rings is 2. The average Bonchev–Trinajstić information content (AvgIpc) is 3.55. The van der Waals surface area contributed by atoms with Crippen molar-refractivity contribution in [2.75, 3.05) is 26.3 Å². The zero-order valence-corrected chi connectivity index (χ0v) is 23.1. The van der Waals surface area contributed by atoms with E-state index in [-0.39, 0.29) is 23.9 Å². The minimum absolute atomic E-state index is 0.0814. The summed E-state index contributed by atoms with van der Waals surface area (Å²) >= 11 is 0. The van der Waals surface area contributed by atoms with Crippen LogP contribution in [0, 0.1) is 0 Å². The lowest BCUT2D eigenvalue weighted by Gasteiger charge is -2.43. The predicted molar refractivity (Wildman–Crippen MR) is 151 cm³/mol. The Balaban J connectivity index is 1.32. The number of hydrogen-bond donors (Lipinski definition) is 1. The molecule has 2 aromatic carbocycles. The largest absolute Gasteiger partial charge is 0.490 e. The van der Waals surface area contributed by atoms with Crippen molar-refractivity contribution in [1.82, 2.24) is 14.7 Å². The van der Waals surface area contributed by atoms with Gasteiger partial charge >= 0.3 is 0 Å². The quantitative estimate of drug-likeness (QED) is 0.471. The molecule has 1 aliphatic carbocycles. The molecule has 2 atom stereocenters. The molecule has 8 heteroatoms. The first-order valence-electron chi connectivity index (χ1n) is 14.5. The van der Waals surface area contributed by atoms with Crippen LogP contribution in [-0.4, -0.2) is 70.7 Å². The standard InChI is InChI=1S/C31H40N4O4/c1-21-17-26(18-22(2)38-21)39-25-8-5-23(6-9-25)29-27-19-24(30(32)36)7-10-28(27)35(33-29)20-31(11-3-4-12-31)34-13-15-37-16-14-34/h5-10,19,21-22,26H,3-4,11-18,20H2,1-2H3,(H2,32,36). The van der Waals surface area contributed by atoms with E-state index >= 15 is 0 Å². The molecule has 0 spiro atoms. The molecular formula is C31H40N4O4. The summed E-state index contributed by atoms with van der Waals surface area (Å²) < 4.78 is 20.0. The molecule has 1 saturated carbocycles. The molecule has 2 N–H and O–H groups in total. The smallest absolute Gasteiger partial charge is 0.248 e. The molecule has 2 aliphatic heterocycles. The summed E-state index contributed by atoms with van der Waals surface area (Å²) in [6.07, 6.45) is 7.14. The van der Waals surface area contributed by atoms with E-state index in [0.717, 1.165) is 73.6 Å². The van der Waals surface area contributed by atoms with Crippen molar-refractivity contribution in [1.29, 1.82) is 0 Å². The van der Waals surface area contributed by atoms with E-state index in [2.05, 4.69) is 35.6 Å². The highest BCUT2D eigenvalue weighted by Crippen LogP contribution is 2.39. The van der Waals surface area contributed by atoms with Crippen LogP contribution in [0.4, 0.5) is 0 Å². The predicted octanol–water partition coefficient (Wildman–Crippen LogP) is 4.78. The molecule has 1 aromatic heterocycles. The minimum Gasteiger partial charge on any atom is -0.490 e. The first-order chi connectivity index (χ1) is 18.9. The van der Waals surface area contributed by atoms with E-state index < -0.39 is 5.91 Å². The van der Waals surface area contributed by atoms with Gasteiger partial charge in [-0.25, -0.2) is 0 Å². The monoisotopic (exact) mass is 532 g/mol. The number of aromatic nitrogens is 2. The molecular weight excluding hydrogens is 492 g/mol. The lowest BCUT2D eigenvalue weighted by molar-refractivity contribution is -0.0721. The van der Waals surface area contributed by atoms with Crippen molar-refractivity contribution in [3.63, 3.8) is 0 Å². The van der Waals surface area contributed by atoms with Crippen LogP contribution in [0.25, 0.3) is 22.2 Å². The minimum atomic E-state index is -0.431. The maximum atomic E-state index is 12.1. The summed E-state index contributed by atoms with van der Waals surface area (Å²) in [5.41, 5.74) is 9.13. The zero-order chi connectivity index (χ0) is 27.0. The number of amides is 1. The Hall–Kier alpha value is -2.94. The van der Waals surface area contributed by atoms with Gasteiger partial charge in [-0.2, -0.15) is 5.10 Å². The van der Waals surface area contributed by atoms with E-state index in [0.29, 0.717) is 5.56 Å². The number of rotatable bonds is 7. The molecule has 0 bridgehead atoms. The topological polar surface area (TPSA) is 91.8 Å². The van der Waals surface area contributed by atoms with E-state index in [9.17, 15) is 4.79 Å². The fourth-order valence-corrected chi connectivity index (χ4v) is 6.91. The zero-order valence-electron chi connectivity index (χ0n) is 23.1.